The minimum atomic E-state index is 0.453. The van der Waals surface area contributed by atoms with Crippen LogP contribution in [-0.4, -0.2) is 12.5 Å². The van der Waals surface area contributed by atoms with E-state index in [1.807, 2.05) is 24.6 Å². The number of thioether (sulfide) groups is 2. The van der Waals surface area contributed by atoms with E-state index in [1.54, 1.807) is 35.7 Å². The number of nitriles is 2. The van der Waals surface area contributed by atoms with Crippen LogP contribution >= 0.6 is 23.5 Å². The Morgan fingerprint density at radius 3 is 1.50 bits per heavy atom. The summed E-state index contributed by atoms with van der Waals surface area (Å²) in [6, 6.07) is 7.60. The summed E-state index contributed by atoms with van der Waals surface area (Å²) in [7, 11) is 0. The molecule has 0 unspecified atom stereocenters. The van der Waals surface area contributed by atoms with E-state index in [-0.39, 0.29) is 0 Å². The first-order valence-electron chi connectivity index (χ1n) is 3.83. The average molecular weight is 220 g/mol. The molecule has 0 spiro atoms. The lowest BCUT2D eigenvalue weighted by atomic mass is 10.1. The molecule has 0 aliphatic heterocycles. The Morgan fingerprint density at radius 1 is 0.929 bits per heavy atom. The molecule has 2 nitrogen and oxygen atoms in total. The summed E-state index contributed by atoms with van der Waals surface area (Å²) < 4.78 is 0. The van der Waals surface area contributed by atoms with Crippen LogP contribution in [0.25, 0.3) is 0 Å². The van der Waals surface area contributed by atoms with E-state index >= 15 is 0 Å². The minimum Gasteiger partial charge on any atom is -0.192 e. The van der Waals surface area contributed by atoms with Gasteiger partial charge in [0, 0.05) is 9.79 Å². The Bertz CT molecular complexity index is 386. The predicted molar refractivity (Wildman–Crippen MR) is 59.4 cm³/mol. The van der Waals surface area contributed by atoms with Crippen molar-refractivity contribution < 1.29 is 0 Å². The summed E-state index contributed by atoms with van der Waals surface area (Å²) in [4.78, 5) is 2.10. The summed E-state index contributed by atoms with van der Waals surface area (Å²) in [6.07, 6.45) is 3.92. The van der Waals surface area contributed by atoms with Gasteiger partial charge in [0.05, 0.1) is 11.1 Å². The fraction of sp³-hybridized carbons (Fsp3) is 0.200. The normalized spacial score (nSPS) is 9.14. The maximum absolute atomic E-state index is 8.82. The summed E-state index contributed by atoms with van der Waals surface area (Å²) >= 11 is 3.17. The second-order valence-corrected chi connectivity index (χ2v) is 4.17. The van der Waals surface area contributed by atoms with Gasteiger partial charge in [-0.1, -0.05) is 0 Å². The van der Waals surface area contributed by atoms with Gasteiger partial charge in [0.1, 0.15) is 12.1 Å². The van der Waals surface area contributed by atoms with E-state index in [0.717, 1.165) is 9.79 Å². The Labute approximate surface area is 91.9 Å². The van der Waals surface area contributed by atoms with Gasteiger partial charge in [-0.3, -0.25) is 0 Å². The smallest absolute Gasteiger partial charge is 0.101 e. The van der Waals surface area contributed by atoms with Crippen LogP contribution in [0.15, 0.2) is 21.9 Å². The van der Waals surface area contributed by atoms with E-state index in [1.165, 1.54) is 0 Å². The van der Waals surface area contributed by atoms with Gasteiger partial charge in [-0.25, -0.2) is 0 Å². The summed E-state index contributed by atoms with van der Waals surface area (Å²) in [5.41, 5.74) is 0.907. The molecule has 0 aromatic heterocycles. The van der Waals surface area contributed by atoms with E-state index in [0.29, 0.717) is 11.1 Å². The van der Waals surface area contributed by atoms with Gasteiger partial charge in [0.2, 0.25) is 0 Å². The van der Waals surface area contributed by atoms with Crippen LogP contribution in [0, 0.1) is 22.7 Å². The zero-order valence-electron chi connectivity index (χ0n) is 7.87. The highest BCUT2D eigenvalue weighted by Gasteiger charge is 2.07. The SMILES string of the molecule is CSc1cc(C#N)c(C#N)cc1SC. The van der Waals surface area contributed by atoms with Crippen LogP contribution in [0.1, 0.15) is 11.1 Å². The average Bonchev–Trinajstić information content (AvgIpc) is 2.26. The van der Waals surface area contributed by atoms with Gasteiger partial charge in [-0.2, -0.15) is 10.5 Å². The van der Waals surface area contributed by atoms with E-state index in [4.69, 9.17) is 10.5 Å². The first-order valence-corrected chi connectivity index (χ1v) is 6.28. The van der Waals surface area contributed by atoms with E-state index in [9.17, 15) is 0 Å². The third-order valence-corrected chi connectivity index (χ3v) is 3.45. The highest BCUT2D eigenvalue weighted by molar-refractivity contribution is 8.01. The molecule has 0 heterocycles. The van der Waals surface area contributed by atoms with Crippen LogP contribution in [-0.2, 0) is 0 Å². The molecular weight excluding hydrogens is 212 g/mol. The van der Waals surface area contributed by atoms with Crippen molar-refractivity contribution in [1.82, 2.24) is 0 Å². The molecule has 14 heavy (non-hydrogen) atoms. The van der Waals surface area contributed by atoms with Crippen molar-refractivity contribution in [2.45, 2.75) is 9.79 Å². The lowest BCUT2D eigenvalue weighted by Gasteiger charge is -2.05. The lowest BCUT2D eigenvalue weighted by molar-refractivity contribution is 1.22. The van der Waals surface area contributed by atoms with Gasteiger partial charge < -0.3 is 0 Å². The van der Waals surface area contributed by atoms with Crippen molar-refractivity contribution in [2.24, 2.45) is 0 Å². The molecule has 1 aromatic rings. The van der Waals surface area contributed by atoms with Crippen molar-refractivity contribution >= 4 is 23.5 Å². The summed E-state index contributed by atoms with van der Waals surface area (Å²) in [6.45, 7) is 0. The first kappa shape index (κ1) is 11.0. The Morgan fingerprint density at radius 2 is 1.29 bits per heavy atom. The van der Waals surface area contributed by atoms with Gasteiger partial charge in [0.25, 0.3) is 0 Å². The Balaban J connectivity index is 3.39. The molecule has 0 aliphatic rings. The largest absolute Gasteiger partial charge is 0.192 e. The third-order valence-electron chi connectivity index (χ3n) is 1.76. The second kappa shape index (κ2) is 4.95. The van der Waals surface area contributed by atoms with Crippen LogP contribution in [0.4, 0.5) is 0 Å². The molecule has 0 saturated heterocycles. The van der Waals surface area contributed by atoms with Crippen LogP contribution in [0.3, 0.4) is 0 Å². The fourth-order valence-corrected chi connectivity index (χ4v) is 2.56. The van der Waals surface area contributed by atoms with Crippen LogP contribution in [0.5, 0.6) is 0 Å². The molecule has 0 atom stereocenters. The van der Waals surface area contributed by atoms with Crippen LogP contribution < -0.4 is 0 Å². The first-order chi connectivity index (χ1) is 6.76. The fourth-order valence-electron chi connectivity index (χ4n) is 1.06. The quantitative estimate of drug-likeness (QED) is 0.719. The highest BCUT2D eigenvalue weighted by Crippen LogP contribution is 2.30. The second-order valence-electron chi connectivity index (χ2n) is 2.48. The number of hydrogen-bond acceptors (Lipinski definition) is 4. The maximum Gasteiger partial charge on any atom is 0.101 e. The van der Waals surface area contributed by atoms with Crippen LogP contribution in [0.2, 0.25) is 0 Å². The monoisotopic (exact) mass is 220 g/mol. The number of rotatable bonds is 2. The van der Waals surface area contributed by atoms with E-state index < -0.39 is 0 Å². The van der Waals surface area contributed by atoms with Crippen molar-refractivity contribution in [3.05, 3.63) is 23.3 Å². The van der Waals surface area contributed by atoms with Crippen molar-refractivity contribution in [1.29, 1.82) is 10.5 Å². The molecule has 4 heteroatoms. The van der Waals surface area contributed by atoms with Crippen molar-refractivity contribution in [3.63, 3.8) is 0 Å². The highest BCUT2D eigenvalue weighted by atomic mass is 32.2. The van der Waals surface area contributed by atoms with Crippen molar-refractivity contribution in [3.8, 4) is 12.1 Å². The molecule has 0 bridgehead atoms. The number of benzene rings is 1. The number of hydrogen-bond donors (Lipinski definition) is 0. The molecule has 0 saturated carbocycles. The topological polar surface area (TPSA) is 47.6 Å². The standard InChI is InChI=1S/C10H8N2S2/c1-13-9-3-7(5-11)8(6-12)4-10(9)14-2/h3-4H,1-2H3. The summed E-state index contributed by atoms with van der Waals surface area (Å²) in [5.74, 6) is 0. The molecule has 0 amide bonds. The van der Waals surface area contributed by atoms with Gasteiger partial charge in [-0.05, 0) is 24.6 Å². The Kier molecular flexibility index (Phi) is 3.88. The molecule has 1 aromatic carbocycles. The molecular formula is C10H8N2S2. The maximum atomic E-state index is 8.82. The van der Waals surface area contributed by atoms with Crippen molar-refractivity contribution in [2.75, 3.05) is 12.5 Å². The van der Waals surface area contributed by atoms with Gasteiger partial charge >= 0.3 is 0 Å². The van der Waals surface area contributed by atoms with Gasteiger partial charge in [-0.15, -0.1) is 23.5 Å². The molecule has 1 rings (SSSR count). The third kappa shape index (κ3) is 2.04. The Hall–Kier alpha value is -1.10. The molecule has 0 radical (unpaired) electrons. The molecule has 0 aliphatic carbocycles. The predicted octanol–water partition coefficient (Wildman–Crippen LogP) is 2.87. The van der Waals surface area contributed by atoms with Gasteiger partial charge in [0.15, 0.2) is 0 Å². The number of nitrogens with zero attached hydrogens (tertiary/aromatic N) is 2. The molecule has 0 N–H and O–H groups in total. The molecule has 0 fully saturated rings. The lowest BCUT2D eigenvalue weighted by Crippen LogP contribution is -1.87. The zero-order chi connectivity index (χ0) is 10.6. The minimum absolute atomic E-state index is 0.453. The zero-order valence-corrected chi connectivity index (χ0v) is 9.50. The summed E-state index contributed by atoms with van der Waals surface area (Å²) in [5, 5.41) is 17.6. The molecule has 70 valence electrons. The van der Waals surface area contributed by atoms with E-state index in [2.05, 4.69) is 0 Å².